The molecular formula is C40H74N4O6S2. The summed E-state index contributed by atoms with van der Waals surface area (Å²) in [6, 6.07) is 0. The maximum absolute atomic E-state index is 11.2. The summed E-state index contributed by atoms with van der Waals surface area (Å²) in [5.41, 5.74) is 0. The second-order valence-electron chi connectivity index (χ2n) is 15.0. The fourth-order valence-corrected chi connectivity index (χ4v) is 8.28. The molecule has 12 heteroatoms. The molecular weight excluding hydrogens is 697 g/mol. The van der Waals surface area contributed by atoms with Gasteiger partial charge in [0, 0.05) is 24.3 Å². The van der Waals surface area contributed by atoms with Gasteiger partial charge >= 0.3 is 0 Å². The summed E-state index contributed by atoms with van der Waals surface area (Å²) in [7, 11) is -8.42. The molecule has 0 saturated heterocycles. The van der Waals surface area contributed by atoms with Crippen LogP contribution in [0, 0.1) is 0 Å². The first-order valence-electron chi connectivity index (χ1n) is 21.1. The van der Waals surface area contributed by atoms with Crippen molar-refractivity contribution in [2.24, 2.45) is 0 Å². The van der Waals surface area contributed by atoms with Crippen molar-refractivity contribution in [1.29, 1.82) is 0 Å². The van der Waals surface area contributed by atoms with E-state index in [-0.39, 0.29) is 11.5 Å². The van der Waals surface area contributed by atoms with Crippen LogP contribution in [0.3, 0.4) is 0 Å². The number of hydrogen-bond acceptors (Lipinski definition) is 6. The molecule has 0 unspecified atom stereocenters. The van der Waals surface area contributed by atoms with Crippen LogP contribution in [0.5, 0.6) is 0 Å². The number of rotatable bonds is 35. The first-order chi connectivity index (χ1) is 25.0. The van der Waals surface area contributed by atoms with Gasteiger partial charge in [-0.25, -0.2) is 35.1 Å². The first-order valence-corrected chi connectivity index (χ1v) is 24.2. The van der Waals surface area contributed by atoms with E-state index in [0.29, 0.717) is 25.9 Å². The third kappa shape index (κ3) is 22.5. The molecule has 0 atom stereocenters. The molecule has 0 N–H and O–H groups in total. The zero-order chi connectivity index (χ0) is 37.9. The Morgan fingerprint density at radius 3 is 1.10 bits per heavy atom. The van der Waals surface area contributed by atoms with Crippen LogP contribution < -0.4 is 9.13 Å². The molecule has 0 amide bonds. The maximum atomic E-state index is 11.2. The highest BCUT2D eigenvalue weighted by atomic mass is 32.2. The minimum Gasteiger partial charge on any atom is -0.748 e. The average molecular weight is 771 g/mol. The zero-order valence-electron chi connectivity index (χ0n) is 33.0. The minimum atomic E-state index is -4.21. The van der Waals surface area contributed by atoms with Crippen molar-refractivity contribution in [1.82, 2.24) is 9.13 Å². The Hall–Kier alpha value is -1.76. The lowest BCUT2D eigenvalue weighted by molar-refractivity contribution is -0.703. The van der Waals surface area contributed by atoms with E-state index in [0.717, 1.165) is 64.5 Å². The molecule has 0 aliphatic heterocycles. The Balaban J connectivity index is 1.85. The van der Waals surface area contributed by atoms with Crippen molar-refractivity contribution in [2.75, 3.05) is 11.5 Å². The topological polar surface area (TPSA) is 132 Å². The second-order valence-corrected chi connectivity index (χ2v) is 18.1. The predicted octanol–water partition coefficient (Wildman–Crippen LogP) is 8.14. The summed E-state index contributed by atoms with van der Waals surface area (Å²) in [4.78, 5) is 0. The average Bonchev–Trinajstić information content (AvgIpc) is 3.66. The number of nitrogens with zero attached hydrogens (tertiary/aromatic N) is 4. The van der Waals surface area contributed by atoms with Crippen LogP contribution in [0.1, 0.15) is 180 Å². The summed E-state index contributed by atoms with van der Waals surface area (Å²) < 4.78 is 76.1. The molecule has 10 nitrogen and oxygen atoms in total. The SMILES string of the molecule is CCCCCCCCCCCc1n(CCCCCCn2cc[n+](CCCS(=O)(=O)[O-])c2CCCCCCCCCCC)cc[n+]1CCCS(=O)(=O)[O-]. The highest BCUT2D eigenvalue weighted by Gasteiger charge is 2.18. The largest absolute Gasteiger partial charge is 0.748 e. The lowest BCUT2D eigenvalue weighted by Crippen LogP contribution is -2.38. The van der Waals surface area contributed by atoms with Crippen molar-refractivity contribution in [3.63, 3.8) is 0 Å². The van der Waals surface area contributed by atoms with E-state index >= 15 is 0 Å². The van der Waals surface area contributed by atoms with Crippen molar-refractivity contribution < 1.29 is 35.1 Å². The fraction of sp³-hybridized carbons (Fsp3) is 0.850. The van der Waals surface area contributed by atoms with Gasteiger partial charge in [0.25, 0.3) is 11.6 Å². The molecule has 0 bridgehead atoms. The van der Waals surface area contributed by atoms with Crippen LogP contribution in [-0.2, 0) is 59.3 Å². The maximum Gasteiger partial charge on any atom is 0.256 e. The van der Waals surface area contributed by atoms with Crippen LogP contribution in [-0.4, -0.2) is 46.6 Å². The van der Waals surface area contributed by atoms with Crippen molar-refractivity contribution in [3.8, 4) is 0 Å². The van der Waals surface area contributed by atoms with Crippen LogP contribution >= 0.6 is 0 Å². The number of unbranched alkanes of at least 4 members (excludes halogenated alkanes) is 19. The summed E-state index contributed by atoms with van der Waals surface area (Å²) in [6.45, 7) is 7.45. The van der Waals surface area contributed by atoms with Gasteiger partial charge in [-0.15, -0.1) is 0 Å². The third-order valence-corrected chi connectivity index (χ3v) is 11.9. The highest BCUT2D eigenvalue weighted by Crippen LogP contribution is 2.15. The molecule has 0 saturated carbocycles. The van der Waals surface area contributed by atoms with Crippen LogP contribution in [0.4, 0.5) is 0 Å². The Labute approximate surface area is 318 Å². The lowest BCUT2D eigenvalue weighted by Gasteiger charge is -2.09. The van der Waals surface area contributed by atoms with Gasteiger partial charge in [-0.2, -0.15) is 0 Å². The molecule has 0 aromatic carbocycles. The van der Waals surface area contributed by atoms with E-state index in [1.165, 1.54) is 114 Å². The van der Waals surface area contributed by atoms with Gasteiger partial charge in [0.05, 0.1) is 46.4 Å². The molecule has 0 spiro atoms. The van der Waals surface area contributed by atoms with Gasteiger partial charge in [0.2, 0.25) is 0 Å². The third-order valence-electron chi connectivity index (χ3n) is 10.3. The van der Waals surface area contributed by atoms with Gasteiger partial charge in [0.15, 0.2) is 0 Å². The Kier molecular flexibility index (Phi) is 24.8. The van der Waals surface area contributed by atoms with E-state index < -0.39 is 20.2 Å². The van der Waals surface area contributed by atoms with E-state index in [4.69, 9.17) is 0 Å². The van der Waals surface area contributed by atoms with Crippen molar-refractivity contribution in [3.05, 3.63) is 36.4 Å². The number of aromatic nitrogens is 4. The van der Waals surface area contributed by atoms with Gasteiger partial charge in [-0.3, -0.25) is 0 Å². The van der Waals surface area contributed by atoms with E-state index in [1.807, 2.05) is 12.4 Å². The van der Waals surface area contributed by atoms with Gasteiger partial charge < -0.3 is 9.11 Å². The summed E-state index contributed by atoms with van der Waals surface area (Å²) in [6.07, 6.45) is 38.2. The van der Waals surface area contributed by atoms with Crippen molar-refractivity contribution >= 4 is 20.2 Å². The van der Waals surface area contributed by atoms with Crippen molar-refractivity contribution in [2.45, 2.75) is 207 Å². The van der Waals surface area contributed by atoms with E-state index in [1.54, 1.807) is 0 Å². The van der Waals surface area contributed by atoms with Gasteiger partial charge in [-0.05, 0) is 51.4 Å². The highest BCUT2D eigenvalue weighted by molar-refractivity contribution is 7.85. The quantitative estimate of drug-likeness (QED) is 0.0395. The summed E-state index contributed by atoms with van der Waals surface area (Å²) >= 11 is 0. The Bertz CT molecular complexity index is 1300. The standard InChI is InChI=1S/C40H74N4O6S2/c1-3-5-7-9-11-13-15-17-21-27-39-41(33-35-43(39)31-25-37-51(45,46)47)29-23-19-20-24-30-42-34-36-44(32-26-38-52(48,49)50)40(42)28-22-18-16-14-12-10-8-6-4-2/h33-36H,3-32,37-38H2,1-2H3. The molecule has 302 valence electrons. The second kappa shape index (κ2) is 27.8. The Morgan fingerprint density at radius 2 is 0.769 bits per heavy atom. The molecule has 52 heavy (non-hydrogen) atoms. The predicted molar refractivity (Wildman–Crippen MR) is 208 cm³/mol. The molecule has 0 radical (unpaired) electrons. The minimum absolute atomic E-state index is 0.326. The molecule has 0 aliphatic carbocycles. The van der Waals surface area contributed by atoms with Gasteiger partial charge in [0.1, 0.15) is 24.8 Å². The molecule has 2 aromatic rings. The number of hydrogen-bond donors (Lipinski definition) is 0. The van der Waals surface area contributed by atoms with Crippen LogP contribution in [0.2, 0.25) is 0 Å². The molecule has 0 fully saturated rings. The molecule has 2 aromatic heterocycles. The van der Waals surface area contributed by atoms with Crippen LogP contribution in [0.15, 0.2) is 24.8 Å². The summed E-state index contributed by atoms with van der Waals surface area (Å²) in [5.74, 6) is 1.81. The smallest absolute Gasteiger partial charge is 0.256 e. The number of aryl methyl sites for hydroxylation is 4. The van der Waals surface area contributed by atoms with Gasteiger partial charge in [-0.1, -0.05) is 117 Å². The van der Waals surface area contributed by atoms with Crippen LogP contribution in [0.25, 0.3) is 0 Å². The molecule has 0 aliphatic rings. The monoisotopic (exact) mass is 771 g/mol. The normalized spacial score (nSPS) is 12.3. The lowest BCUT2D eigenvalue weighted by atomic mass is 10.1. The van der Waals surface area contributed by atoms with E-state index in [9.17, 15) is 25.9 Å². The molecule has 2 rings (SSSR count). The van der Waals surface area contributed by atoms with E-state index in [2.05, 4.69) is 44.5 Å². The molecule has 2 heterocycles. The number of imidazole rings is 2. The zero-order valence-corrected chi connectivity index (χ0v) is 34.6. The Morgan fingerprint density at radius 1 is 0.462 bits per heavy atom. The first kappa shape index (κ1) is 46.4. The summed E-state index contributed by atoms with van der Waals surface area (Å²) in [5, 5.41) is 0. The fourth-order valence-electron chi connectivity index (χ4n) is 7.31.